The Morgan fingerprint density at radius 1 is 1.25 bits per heavy atom. The van der Waals surface area contributed by atoms with Gasteiger partial charge in [-0.3, -0.25) is 19.7 Å². The maximum absolute atomic E-state index is 12.4. The van der Waals surface area contributed by atoms with Gasteiger partial charge in [0, 0.05) is 18.7 Å². The van der Waals surface area contributed by atoms with Crippen molar-refractivity contribution < 1.29 is 24.3 Å². The third-order valence-corrected chi connectivity index (χ3v) is 4.58. The highest BCUT2D eigenvalue weighted by Gasteiger charge is 2.43. The average Bonchev–Trinajstić information content (AvgIpc) is 3.13. The summed E-state index contributed by atoms with van der Waals surface area (Å²) in [4.78, 5) is 48.2. The molecule has 0 aliphatic carbocycles. The van der Waals surface area contributed by atoms with Crippen molar-refractivity contribution in [1.82, 2.24) is 15.5 Å². The fourth-order valence-corrected chi connectivity index (χ4v) is 3.02. The largest absolute Gasteiger partial charge is 0.481 e. The van der Waals surface area contributed by atoms with Crippen LogP contribution in [-0.4, -0.2) is 46.9 Å². The number of nitrogens with zero attached hydrogens (tertiary/aromatic N) is 1. The molecule has 2 fully saturated rings. The number of amides is 4. The van der Waals surface area contributed by atoms with Crippen molar-refractivity contribution >= 4 is 23.8 Å². The molecule has 3 rings (SSSR count). The number of nitrogens with one attached hydrogen (secondary N) is 2. The molecule has 126 valence electrons. The van der Waals surface area contributed by atoms with E-state index in [2.05, 4.69) is 10.6 Å². The van der Waals surface area contributed by atoms with E-state index in [-0.39, 0.29) is 12.5 Å². The first-order valence-electron chi connectivity index (χ1n) is 7.57. The molecule has 0 saturated carbocycles. The highest BCUT2D eigenvalue weighted by Crippen LogP contribution is 2.25. The van der Waals surface area contributed by atoms with Crippen molar-refractivity contribution in [1.29, 1.82) is 0 Å². The van der Waals surface area contributed by atoms with Crippen LogP contribution in [0.2, 0.25) is 0 Å². The summed E-state index contributed by atoms with van der Waals surface area (Å²) < 4.78 is 0. The summed E-state index contributed by atoms with van der Waals surface area (Å²) in [6.45, 7) is 2.20. The summed E-state index contributed by atoms with van der Waals surface area (Å²) in [5.41, 5.74) is -0.189. The Kier molecular flexibility index (Phi) is 3.75. The van der Waals surface area contributed by atoms with Gasteiger partial charge in [0.2, 0.25) is 0 Å². The first-order valence-corrected chi connectivity index (χ1v) is 7.57. The van der Waals surface area contributed by atoms with E-state index in [4.69, 9.17) is 5.11 Å². The molecular weight excluding hydrogens is 314 g/mol. The molecule has 1 aromatic carbocycles. The van der Waals surface area contributed by atoms with Crippen LogP contribution < -0.4 is 10.6 Å². The Morgan fingerprint density at radius 3 is 2.42 bits per heavy atom. The molecule has 0 spiro atoms. The molecule has 8 heteroatoms. The minimum atomic E-state index is -1.17. The number of hydrogen-bond acceptors (Lipinski definition) is 4. The monoisotopic (exact) mass is 331 g/mol. The number of urea groups is 1. The van der Waals surface area contributed by atoms with Crippen molar-refractivity contribution in [3.63, 3.8) is 0 Å². The second-order valence-electron chi connectivity index (χ2n) is 6.19. The SMILES string of the molecule is C[C@@]1(c2ccc(C(=O)N3CC[C@@H](C(=O)O)C3)cc2)NC(=O)NC1=O. The molecule has 2 aliphatic heterocycles. The molecule has 4 amide bonds. The van der Waals surface area contributed by atoms with Gasteiger partial charge >= 0.3 is 12.0 Å². The quantitative estimate of drug-likeness (QED) is 0.688. The Bertz CT molecular complexity index is 730. The number of carboxylic acids is 1. The number of aliphatic carboxylic acids is 1. The van der Waals surface area contributed by atoms with Gasteiger partial charge in [0.05, 0.1) is 5.92 Å². The zero-order valence-corrected chi connectivity index (χ0v) is 13.0. The van der Waals surface area contributed by atoms with E-state index in [1.807, 2.05) is 0 Å². The van der Waals surface area contributed by atoms with Crippen LogP contribution >= 0.6 is 0 Å². The second-order valence-corrected chi connectivity index (χ2v) is 6.19. The Morgan fingerprint density at radius 2 is 1.92 bits per heavy atom. The summed E-state index contributed by atoms with van der Waals surface area (Å²) in [6, 6.07) is 5.83. The van der Waals surface area contributed by atoms with Crippen molar-refractivity contribution in [2.45, 2.75) is 18.9 Å². The van der Waals surface area contributed by atoms with Gasteiger partial charge in [-0.15, -0.1) is 0 Å². The Labute approximate surface area is 137 Å². The molecule has 2 aliphatic rings. The van der Waals surface area contributed by atoms with Gasteiger partial charge in [-0.05, 0) is 31.0 Å². The predicted molar refractivity (Wildman–Crippen MR) is 82.1 cm³/mol. The average molecular weight is 331 g/mol. The van der Waals surface area contributed by atoms with Gasteiger partial charge in [0.25, 0.3) is 11.8 Å². The zero-order chi connectivity index (χ0) is 17.5. The van der Waals surface area contributed by atoms with Crippen LogP contribution in [0.3, 0.4) is 0 Å². The number of carbonyl (C=O) groups is 4. The normalized spacial score (nSPS) is 26.2. The van der Waals surface area contributed by atoms with Crippen LogP contribution in [0.1, 0.15) is 29.3 Å². The maximum Gasteiger partial charge on any atom is 0.322 e. The molecule has 0 bridgehead atoms. The molecule has 2 heterocycles. The lowest BCUT2D eigenvalue weighted by Crippen LogP contribution is -2.40. The van der Waals surface area contributed by atoms with E-state index in [0.717, 1.165) is 0 Å². The fourth-order valence-electron chi connectivity index (χ4n) is 3.02. The third-order valence-electron chi connectivity index (χ3n) is 4.58. The van der Waals surface area contributed by atoms with Crippen LogP contribution in [0.4, 0.5) is 4.79 Å². The highest BCUT2D eigenvalue weighted by molar-refractivity contribution is 6.07. The predicted octanol–water partition coefficient (Wildman–Crippen LogP) is 0.288. The fraction of sp³-hybridized carbons (Fsp3) is 0.375. The van der Waals surface area contributed by atoms with Gasteiger partial charge in [-0.25, -0.2) is 4.79 Å². The molecule has 2 saturated heterocycles. The molecular formula is C16H17N3O5. The Hall–Kier alpha value is -2.90. The summed E-state index contributed by atoms with van der Waals surface area (Å²) in [7, 11) is 0. The first kappa shape index (κ1) is 16.0. The number of benzene rings is 1. The van der Waals surface area contributed by atoms with Crippen LogP contribution in [-0.2, 0) is 15.1 Å². The molecule has 24 heavy (non-hydrogen) atoms. The topological polar surface area (TPSA) is 116 Å². The van der Waals surface area contributed by atoms with Crippen molar-refractivity contribution in [3.05, 3.63) is 35.4 Å². The summed E-state index contributed by atoms with van der Waals surface area (Å²) >= 11 is 0. The van der Waals surface area contributed by atoms with Gasteiger partial charge in [-0.1, -0.05) is 12.1 Å². The van der Waals surface area contributed by atoms with Gasteiger partial charge in [0.1, 0.15) is 5.54 Å². The summed E-state index contributed by atoms with van der Waals surface area (Å²) in [5, 5.41) is 13.7. The minimum absolute atomic E-state index is 0.200. The lowest BCUT2D eigenvalue weighted by Gasteiger charge is -2.22. The second kappa shape index (κ2) is 5.63. The molecule has 0 unspecified atom stereocenters. The number of carbonyl (C=O) groups excluding carboxylic acids is 3. The molecule has 3 N–H and O–H groups in total. The van der Waals surface area contributed by atoms with E-state index in [1.165, 1.54) is 4.90 Å². The smallest absolute Gasteiger partial charge is 0.322 e. The Balaban J connectivity index is 1.75. The molecule has 0 radical (unpaired) electrons. The van der Waals surface area contributed by atoms with Crippen molar-refractivity contribution in [2.24, 2.45) is 5.92 Å². The highest BCUT2D eigenvalue weighted by atomic mass is 16.4. The van der Waals surface area contributed by atoms with E-state index >= 15 is 0 Å². The minimum Gasteiger partial charge on any atom is -0.481 e. The van der Waals surface area contributed by atoms with Gasteiger partial charge < -0.3 is 15.3 Å². The van der Waals surface area contributed by atoms with E-state index < -0.39 is 29.4 Å². The van der Waals surface area contributed by atoms with Crippen molar-refractivity contribution in [2.75, 3.05) is 13.1 Å². The lowest BCUT2D eigenvalue weighted by atomic mass is 9.91. The zero-order valence-electron chi connectivity index (χ0n) is 13.0. The molecule has 1 aromatic rings. The van der Waals surface area contributed by atoms with Crippen LogP contribution in [0.5, 0.6) is 0 Å². The van der Waals surface area contributed by atoms with Crippen molar-refractivity contribution in [3.8, 4) is 0 Å². The van der Waals surface area contributed by atoms with E-state index in [0.29, 0.717) is 24.1 Å². The lowest BCUT2D eigenvalue weighted by molar-refractivity contribution is -0.141. The number of hydrogen-bond donors (Lipinski definition) is 3. The van der Waals surface area contributed by atoms with Crippen LogP contribution in [0, 0.1) is 5.92 Å². The standard InChI is InChI=1S/C16H17N3O5/c1-16(14(23)17-15(24)18-16)11-4-2-9(3-5-11)12(20)19-7-6-10(8-19)13(21)22/h2-5,10H,6-8H2,1H3,(H,21,22)(H2,17,18,23,24)/t10-,16+/m1/s1. The van der Waals surface area contributed by atoms with Gasteiger partial charge in [0.15, 0.2) is 0 Å². The first-order chi connectivity index (χ1) is 11.3. The van der Waals surface area contributed by atoms with Crippen LogP contribution in [0.15, 0.2) is 24.3 Å². The van der Waals surface area contributed by atoms with E-state index in [9.17, 15) is 19.2 Å². The van der Waals surface area contributed by atoms with E-state index in [1.54, 1.807) is 31.2 Å². The maximum atomic E-state index is 12.4. The third kappa shape index (κ3) is 2.60. The number of imide groups is 1. The summed E-state index contributed by atoms with van der Waals surface area (Å²) in [5.74, 6) is -2.10. The van der Waals surface area contributed by atoms with Gasteiger partial charge in [-0.2, -0.15) is 0 Å². The molecule has 2 atom stereocenters. The molecule has 0 aromatic heterocycles. The molecule has 8 nitrogen and oxygen atoms in total. The van der Waals surface area contributed by atoms with Crippen LogP contribution in [0.25, 0.3) is 0 Å². The number of likely N-dealkylation sites (tertiary alicyclic amines) is 1. The summed E-state index contributed by atoms with van der Waals surface area (Å²) in [6.07, 6.45) is 0.448. The number of rotatable bonds is 3. The number of carboxylic acid groups (broad SMARTS) is 1.